The van der Waals surface area contributed by atoms with Gasteiger partial charge in [-0.1, -0.05) is 391 Å². The van der Waals surface area contributed by atoms with Gasteiger partial charge in [-0.05, 0) is 57.8 Å². The first-order chi connectivity index (χ1) is 41.5. The molecular formula is C78H151NO5. The zero-order chi connectivity index (χ0) is 60.6. The number of ether oxygens (including phenoxy) is 1. The van der Waals surface area contributed by atoms with Crippen LogP contribution in [0.25, 0.3) is 0 Å². The zero-order valence-corrected chi connectivity index (χ0v) is 57.2. The Morgan fingerprint density at radius 2 is 0.560 bits per heavy atom. The number of carbonyl (C=O) groups is 2. The molecule has 0 radical (unpaired) electrons. The predicted octanol–water partition coefficient (Wildman–Crippen LogP) is 25.3. The van der Waals surface area contributed by atoms with E-state index in [1.807, 2.05) is 6.08 Å². The lowest BCUT2D eigenvalue weighted by Gasteiger charge is -2.20. The first-order valence-electron chi connectivity index (χ1n) is 38.6. The van der Waals surface area contributed by atoms with Crippen LogP contribution in [0, 0.1) is 0 Å². The fraction of sp³-hybridized carbons (Fsp3) is 0.923. The fourth-order valence-electron chi connectivity index (χ4n) is 12.3. The highest BCUT2D eigenvalue weighted by molar-refractivity contribution is 5.76. The van der Waals surface area contributed by atoms with E-state index in [2.05, 4.69) is 31.3 Å². The molecule has 0 aromatic carbocycles. The van der Waals surface area contributed by atoms with E-state index in [1.165, 1.54) is 372 Å². The van der Waals surface area contributed by atoms with Crippen LogP contribution in [0.2, 0.25) is 0 Å². The van der Waals surface area contributed by atoms with Crippen molar-refractivity contribution in [2.75, 3.05) is 13.2 Å². The highest BCUT2D eigenvalue weighted by Gasteiger charge is 2.18. The van der Waals surface area contributed by atoms with Crippen molar-refractivity contribution in [2.24, 2.45) is 0 Å². The van der Waals surface area contributed by atoms with Crippen molar-refractivity contribution in [3.05, 3.63) is 24.3 Å². The predicted molar refractivity (Wildman–Crippen MR) is 370 cm³/mol. The number of aliphatic hydroxyl groups excluding tert-OH is 2. The molecule has 84 heavy (non-hydrogen) atoms. The summed E-state index contributed by atoms with van der Waals surface area (Å²) in [5, 5.41) is 23.3. The van der Waals surface area contributed by atoms with Gasteiger partial charge in [0.05, 0.1) is 25.4 Å². The Balaban J connectivity index is 3.39. The van der Waals surface area contributed by atoms with Gasteiger partial charge in [0.25, 0.3) is 0 Å². The summed E-state index contributed by atoms with van der Waals surface area (Å²) >= 11 is 0. The average molecular weight is 1180 g/mol. The quantitative estimate of drug-likeness (QED) is 0.0320. The Bertz CT molecular complexity index is 1320. The van der Waals surface area contributed by atoms with Gasteiger partial charge in [0.15, 0.2) is 0 Å². The zero-order valence-electron chi connectivity index (χ0n) is 57.2. The molecule has 0 rings (SSSR count). The maximum absolute atomic E-state index is 12.5. The molecule has 0 aliphatic rings. The minimum absolute atomic E-state index is 0.0200. The molecule has 2 atom stereocenters. The maximum Gasteiger partial charge on any atom is 0.305 e. The molecule has 2 unspecified atom stereocenters. The molecule has 1 amide bonds. The standard InChI is InChI=1S/C78H151NO5/c1-3-5-7-9-11-13-15-17-19-20-21-22-31-34-37-40-43-46-50-54-58-62-66-70-76(81)75(74-80)79-77(82)71-67-63-59-55-51-47-44-41-38-35-32-29-27-25-23-24-26-28-30-33-36-39-42-45-49-53-57-61-65-69-73-84-78(83)72-68-64-60-56-52-48-18-16-14-12-10-8-6-4-2/h24,26,66,70,75-76,80-81H,3-23,25,27-65,67-69,71-74H2,1-2H3,(H,79,82)/b26-24-,70-66+. The van der Waals surface area contributed by atoms with Gasteiger partial charge in [-0.25, -0.2) is 0 Å². The summed E-state index contributed by atoms with van der Waals surface area (Å²) in [6.45, 7) is 4.96. The molecule has 0 aliphatic carbocycles. The molecule has 0 aromatic heterocycles. The van der Waals surface area contributed by atoms with Gasteiger partial charge < -0.3 is 20.3 Å². The van der Waals surface area contributed by atoms with Crippen LogP contribution in [-0.4, -0.2) is 47.4 Å². The number of carbonyl (C=O) groups excluding carboxylic acids is 2. The van der Waals surface area contributed by atoms with E-state index in [4.69, 9.17) is 4.74 Å². The number of allylic oxidation sites excluding steroid dienone is 3. The van der Waals surface area contributed by atoms with E-state index in [-0.39, 0.29) is 18.5 Å². The van der Waals surface area contributed by atoms with E-state index >= 15 is 0 Å². The Kier molecular flexibility index (Phi) is 72.3. The van der Waals surface area contributed by atoms with Crippen LogP contribution in [0.15, 0.2) is 24.3 Å². The van der Waals surface area contributed by atoms with Crippen LogP contribution in [0.4, 0.5) is 0 Å². The number of nitrogens with one attached hydrogen (secondary N) is 1. The molecule has 0 saturated heterocycles. The monoisotopic (exact) mass is 1180 g/mol. The van der Waals surface area contributed by atoms with E-state index in [1.54, 1.807) is 6.08 Å². The maximum atomic E-state index is 12.5. The molecule has 0 spiro atoms. The summed E-state index contributed by atoms with van der Waals surface area (Å²) in [6, 6.07) is -0.628. The van der Waals surface area contributed by atoms with Crippen LogP contribution >= 0.6 is 0 Å². The number of hydrogen-bond donors (Lipinski definition) is 3. The molecule has 0 fully saturated rings. The van der Waals surface area contributed by atoms with Crippen LogP contribution < -0.4 is 5.32 Å². The fourth-order valence-corrected chi connectivity index (χ4v) is 12.3. The van der Waals surface area contributed by atoms with Crippen molar-refractivity contribution in [1.82, 2.24) is 5.32 Å². The third kappa shape index (κ3) is 69.4. The molecule has 3 N–H and O–H groups in total. The molecule has 6 nitrogen and oxygen atoms in total. The SMILES string of the molecule is CCCCCCCCCCCCCCCCCCCCCCC/C=C/C(O)C(CO)NC(=O)CCCCCCCCCCCCCCCC/C=C\CCCCCCCCCCCCCCOC(=O)CCCCCCCCCCCCCCCC. The lowest BCUT2D eigenvalue weighted by atomic mass is 10.0. The smallest absolute Gasteiger partial charge is 0.305 e. The molecule has 0 saturated carbocycles. The molecule has 0 aromatic rings. The minimum atomic E-state index is -0.845. The number of amides is 1. The van der Waals surface area contributed by atoms with Gasteiger partial charge in [0, 0.05) is 12.8 Å². The third-order valence-corrected chi connectivity index (χ3v) is 18.2. The summed E-state index contributed by atoms with van der Waals surface area (Å²) < 4.78 is 5.50. The second-order valence-electron chi connectivity index (χ2n) is 26.7. The van der Waals surface area contributed by atoms with Gasteiger partial charge >= 0.3 is 5.97 Å². The number of hydrogen-bond acceptors (Lipinski definition) is 5. The first-order valence-corrected chi connectivity index (χ1v) is 38.6. The number of unbranched alkanes of at least 4 members (excludes halogenated alkanes) is 60. The van der Waals surface area contributed by atoms with Crippen LogP contribution in [0.1, 0.15) is 438 Å². The Labute approximate surface area is 526 Å². The summed E-state index contributed by atoms with van der Waals surface area (Å²) in [4.78, 5) is 24.6. The summed E-state index contributed by atoms with van der Waals surface area (Å²) in [7, 11) is 0. The van der Waals surface area contributed by atoms with Crippen LogP contribution in [-0.2, 0) is 14.3 Å². The van der Waals surface area contributed by atoms with Crippen molar-refractivity contribution in [2.45, 2.75) is 450 Å². The van der Waals surface area contributed by atoms with Crippen LogP contribution in [0.5, 0.6) is 0 Å². The number of esters is 1. The average Bonchev–Trinajstić information content (AvgIpc) is 3.51. The minimum Gasteiger partial charge on any atom is -0.466 e. The normalized spacial score (nSPS) is 12.6. The van der Waals surface area contributed by atoms with Gasteiger partial charge in [-0.2, -0.15) is 0 Å². The largest absolute Gasteiger partial charge is 0.466 e. The molecule has 6 heteroatoms. The van der Waals surface area contributed by atoms with Crippen molar-refractivity contribution in [3.8, 4) is 0 Å². The van der Waals surface area contributed by atoms with E-state index in [0.717, 1.165) is 38.5 Å². The van der Waals surface area contributed by atoms with Gasteiger partial charge in [-0.3, -0.25) is 9.59 Å². The Hall–Kier alpha value is -1.66. The summed E-state index contributed by atoms with van der Waals surface area (Å²) in [5.41, 5.74) is 0. The van der Waals surface area contributed by atoms with Crippen molar-refractivity contribution < 1.29 is 24.5 Å². The highest BCUT2D eigenvalue weighted by Crippen LogP contribution is 2.20. The third-order valence-electron chi connectivity index (χ3n) is 18.2. The number of rotatable bonds is 73. The highest BCUT2D eigenvalue weighted by atomic mass is 16.5. The number of aliphatic hydroxyl groups is 2. The van der Waals surface area contributed by atoms with E-state index in [0.29, 0.717) is 19.4 Å². The van der Waals surface area contributed by atoms with Crippen molar-refractivity contribution in [1.29, 1.82) is 0 Å². The van der Waals surface area contributed by atoms with E-state index in [9.17, 15) is 19.8 Å². The first kappa shape index (κ1) is 82.3. The second kappa shape index (κ2) is 73.8. The molecule has 0 heterocycles. The Morgan fingerprint density at radius 3 is 0.845 bits per heavy atom. The molecule has 498 valence electrons. The van der Waals surface area contributed by atoms with Gasteiger partial charge in [-0.15, -0.1) is 0 Å². The lowest BCUT2D eigenvalue weighted by Crippen LogP contribution is -2.45. The van der Waals surface area contributed by atoms with Crippen molar-refractivity contribution in [3.63, 3.8) is 0 Å². The van der Waals surface area contributed by atoms with Gasteiger partial charge in [0.2, 0.25) is 5.91 Å². The van der Waals surface area contributed by atoms with Gasteiger partial charge in [0.1, 0.15) is 0 Å². The second-order valence-corrected chi connectivity index (χ2v) is 26.7. The van der Waals surface area contributed by atoms with Crippen molar-refractivity contribution >= 4 is 11.9 Å². The topological polar surface area (TPSA) is 95.9 Å². The Morgan fingerprint density at radius 1 is 0.321 bits per heavy atom. The molecule has 0 bridgehead atoms. The summed E-state index contributed by atoms with van der Waals surface area (Å²) in [5.74, 6) is -0.0414. The van der Waals surface area contributed by atoms with E-state index < -0.39 is 12.1 Å². The lowest BCUT2D eigenvalue weighted by molar-refractivity contribution is -0.143. The van der Waals surface area contributed by atoms with Crippen LogP contribution in [0.3, 0.4) is 0 Å². The summed E-state index contributed by atoms with van der Waals surface area (Å²) in [6.07, 6.45) is 94.3. The molecular weight excluding hydrogens is 1030 g/mol. The molecule has 0 aliphatic heterocycles.